The van der Waals surface area contributed by atoms with E-state index in [2.05, 4.69) is 81.1 Å². The minimum absolute atomic E-state index is 0.754. The zero-order valence-corrected chi connectivity index (χ0v) is 18.6. The molecular weight excluding hydrogens is 386 g/mol. The average molecular weight is 420 g/mol. The molecule has 164 valence electrons. The molecule has 1 aromatic heterocycles. The normalized spacial score (nSPS) is 15.4. The highest BCUT2D eigenvalue weighted by molar-refractivity contribution is 5.84. The van der Waals surface area contributed by atoms with Gasteiger partial charge in [-0.1, -0.05) is 36.4 Å². The number of benzene rings is 2. The van der Waals surface area contributed by atoms with Gasteiger partial charge in [0.05, 0.1) is 13.2 Å². The maximum absolute atomic E-state index is 5.42. The van der Waals surface area contributed by atoms with Gasteiger partial charge in [-0.2, -0.15) is 0 Å². The summed E-state index contributed by atoms with van der Waals surface area (Å²) in [4.78, 5) is 10.2. The number of morpholine rings is 1. The third kappa shape index (κ3) is 5.87. The van der Waals surface area contributed by atoms with Gasteiger partial charge in [-0.15, -0.1) is 0 Å². The third-order valence-electron chi connectivity index (χ3n) is 5.83. The van der Waals surface area contributed by atoms with E-state index in [9.17, 15) is 0 Å². The van der Waals surface area contributed by atoms with E-state index < -0.39 is 0 Å². The Morgan fingerprint density at radius 1 is 1.06 bits per heavy atom. The van der Waals surface area contributed by atoms with Crippen molar-refractivity contribution in [1.29, 1.82) is 0 Å². The van der Waals surface area contributed by atoms with Crippen molar-refractivity contribution in [2.24, 2.45) is 4.99 Å². The smallest absolute Gasteiger partial charge is 0.191 e. The van der Waals surface area contributed by atoms with Crippen LogP contribution in [-0.4, -0.2) is 55.7 Å². The Labute approximate surface area is 184 Å². The molecule has 0 amide bonds. The van der Waals surface area contributed by atoms with E-state index in [0.717, 1.165) is 58.3 Å². The van der Waals surface area contributed by atoms with Crippen molar-refractivity contribution in [2.75, 3.05) is 39.9 Å². The summed E-state index contributed by atoms with van der Waals surface area (Å²) >= 11 is 0. The van der Waals surface area contributed by atoms with Crippen LogP contribution in [0.15, 0.2) is 53.7 Å². The van der Waals surface area contributed by atoms with Crippen molar-refractivity contribution in [3.8, 4) is 0 Å². The van der Waals surface area contributed by atoms with Crippen LogP contribution < -0.4 is 10.6 Å². The molecular formula is C25H33N5O. The molecule has 2 heterocycles. The minimum atomic E-state index is 0.754. The number of fused-ring (bicyclic) bond motifs is 1. The first kappa shape index (κ1) is 21.4. The number of hydrogen-bond acceptors (Lipinski definition) is 3. The van der Waals surface area contributed by atoms with Crippen LogP contribution in [0.25, 0.3) is 10.9 Å². The van der Waals surface area contributed by atoms with Crippen molar-refractivity contribution in [1.82, 2.24) is 20.5 Å². The van der Waals surface area contributed by atoms with Gasteiger partial charge in [0.1, 0.15) is 0 Å². The molecule has 0 bridgehead atoms. The van der Waals surface area contributed by atoms with E-state index in [0.29, 0.717) is 0 Å². The highest BCUT2D eigenvalue weighted by Gasteiger charge is 2.10. The molecule has 0 radical (unpaired) electrons. The highest BCUT2D eigenvalue weighted by atomic mass is 16.5. The Morgan fingerprint density at radius 2 is 1.84 bits per heavy atom. The molecule has 6 nitrogen and oxygen atoms in total. The predicted molar refractivity (Wildman–Crippen MR) is 127 cm³/mol. The second-order valence-corrected chi connectivity index (χ2v) is 8.17. The Morgan fingerprint density at radius 3 is 2.61 bits per heavy atom. The number of rotatable bonds is 7. The summed E-state index contributed by atoms with van der Waals surface area (Å²) in [7, 11) is 1.81. The summed E-state index contributed by atoms with van der Waals surface area (Å²) in [6.45, 7) is 8.42. The summed E-state index contributed by atoms with van der Waals surface area (Å²) in [5.41, 5.74) is 6.41. The van der Waals surface area contributed by atoms with Gasteiger partial charge in [0, 0.05) is 56.9 Å². The fourth-order valence-electron chi connectivity index (χ4n) is 4.01. The molecule has 0 saturated carbocycles. The van der Waals surface area contributed by atoms with Gasteiger partial charge in [-0.25, -0.2) is 0 Å². The Kier molecular flexibility index (Phi) is 7.22. The topological polar surface area (TPSA) is 64.7 Å². The van der Waals surface area contributed by atoms with E-state index in [1.807, 2.05) is 7.05 Å². The number of H-pyrrole nitrogens is 1. The molecule has 4 rings (SSSR count). The Hall–Kier alpha value is -2.83. The third-order valence-corrected chi connectivity index (χ3v) is 5.83. The summed E-state index contributed by atoms with van der Waals surface area (Å²) < 4.78 is 5.42. The van der Waals surface area contributed by atoms with E-state index in [-0.39, 0.29) is 0 Å². The zero-order chi connectivity index (χ0) is 21.5. The van der Waals surface area contributed by atoms with Gasteiger partial charge in [0.25, 0.3) is 0 Å². The summed E-state index contributed by atoms with van der Waals surface area (Å²) in [6.07, 6.45) is 3.06. The summed E-state index contributed by atoms with van der Waals surface area (Å²) in [5.74, 6) is 0.827. The molecule has 1 fully saturated rings. The number of nitrogens with zero attached hydrogens (tertiary/aromatic N) is 2. The lowest BCUT2D eigenvalue weighted by molar-refractivity contribution is 0.0342. The lowest BCUT2D eigenvalue weighted by atomic mass is 10.1. The van der Waals surface area contributed by atoms with Gasteiger partial charge in [-0.3, -0.25) is 9.89 Å². The van der Waals surface area contributed by atoms with Crippen molar-refractivity contribution in [3.05, 3.63) is 70.9 Å². The second-order valence-electron chi connectivity index (χ2n) is 8.17. The van der Waals surface area contributed by atoms with Gasteiger partial charge in [0.15, 0.2) is 5.96 Å². The largest absolute Gasteiger partial charge is 0.379 e. The highest BCUT2D eigenvalue weighted by Crippen LogP contribution is 2.19. The SMILES string of the molecule is CN=C(NCCc1c[nH]c2cc(C)ccc12)NCc1ccc(CN2CCOCC2)cc1. The van der Waals surface area contributed by atoms with Crippen LogP contribution in [-0.2, 0) is 24.2 Å². The molecule has 2 aromatic carbocycles. The molecule has 1 aliphatic heterocycles. The number of hydrogen-bond donors (Lipinski definition) is 3. The predicted octanol–water partition coefficient (Wildman–Crippen LogP) is 3.22. The summed E-state index contributed by atoms with van der Waals surface area (Å²) in [6, 6.07) is 15.4. The number of aromatic nitrogens is 1. The maximum Gasteiger partial charge on any atom is 0.191 e. The van der Waals surface area contributed by atoms with Gasteiger partial charge >= 0.3 is 0 Å². The van der Waals surface area contributed by atoms with Crippen LogP contribution in [0.3, 0.4) is 0 Å². The Balaban J connectivity index is 1.22. The van der Waals surface area contributed by atoms with Crippen LogP contribution in [0.2, 0.25) is 0 Å². The Bertz CT molecular complexity index is 1000. The molecule has 0 atom stereocenters. The first-order valence-corrected chi connectivity index (χ1v) is 11.1. The molecule has 6 heteroatoms. The van der Waals surface area contributed by atoms with Crippen LogP contribution in [0, 0.1) is 6.92 Å². The molecule has 1 aliphatic rings. The van der Waals surface area contributed by atoms with E-state index in [1.165, 1.54) is 33.2 Å². The van der Waals surface area contributed by atoms with E-state index >= 15 is 0 Å². The molecule has 0 aliphatic carbocycles. The second kappa shape index (κ2) is 10.5. The van der Waals surface area contributed by atoms with Gasteiger partial charge < -0.3 is 20.4 Å². The maximum atomic E-state index is 5.42. The van der Waals surface area contributed by atoms with Crippen LogP contribution in [0.1, 0.15) is 22.3 Å². The lowest BCUT2D eigenvalue weighted by Crippen LogP contribution is -2.37. The average Bonchev–Trinajstić information content (AvgIpc) is 3.19. The minimum Gasteiger partial charge on any atom is -0.379 e. The molecule has 0 unspecified atom stereocenters. The molecule has 0 spiro atoms. The molecule has 31 heavy (non-hydrogen) atoms. The van der Waals surface area contributed by atoms with Crippen molar-refractivity contribution >= 4 is 16.9 Å². The van der Waals surface area contributed by atoms with Gasteiger partial charge in [-0.05, 0) is 41.7 Å². The zero-order valence-electron chi connectivity index (χ0n) is 18.6. The first-order chi connectivity index (χ1) is 15.2. The molecule has 3 N–H and O–H groups in total. The van der Waals surface area contributed by atoms with Crippen molar-refractivity contribution in [3.63, 3.8) is 0 Å². The number of ether oxygens (including phenoxy) is 1. The van der Waals surface area contributed by atoms with E-state index in [4.69, 9.17) is 4.74 Å². The number of aromatic amines is 1. The van der Waals surface area contributed by atoms with Crippen LogP contribution >= 0.6 is 0 Å². The molecule has 3 aromatic rings. The number of guanidine groups is 1. The monoisotopic (exact) mass is 419 g/mol. The number of nitrogens with one attached hydrogen (secondary N) is 3. The number of aliphatic imine (C=N–C) groups is 1. The van der Waals surface area contributed by atoms with E-state index in [1.54, 1.807) is 0 Å². The van der Waals surface area contributed by atoms with Gasteiger partial charge in [0.2, 0.25) is 0 Å². The molecule has 1 saturated heterocycles. The fourth-order valence-corrected chi connectivity index (χ4v) is 4.01. The fraction of sp³-hybridized carbons (Fsp3) is 0.400. The first-order valence-electron chi connectivity index (χ1n) is 11.1. The van der Waals surface area contributed by atoms with Crippen LogP contribution in [0.4, 0.5) is 0 Å². The quantitative estimate of drug-likeness (QED) is 0.406. The lowest BCUT2D eigenvalue weighted by Gasteiger charge is -2.26. The van der Waals surface area contributed by atoms with Crippen molar-refractivity contribution < 1.29 is 4.74 Å². The van der Waals surface area contributed by atoms with Crippen LogP contribution in [0.5, 0.6) is 0 Å². The van der Waals surface area contributed by atoms with Crippen molar-refractivity contribution in [2.45, 2.75) is 26.4 Å². The number of aryl methyl sites for hydroxylation is 1. The summed E-state index contributed by atoms with van der Waals surface area (Å²) in [5, 5.41) is 8.14. The standard InChI is InChI=1S/C25H33N5O/c1-19-3-8-23-22(17-28-24(23)15-19)9-10-27-25(26-2)29-16-20-4-6-21(7-5-20)18-30-11-13-31-14-12-30/h3-8,15,17,28H,9-14,16,18H2,1-2H3,(H2,26,27,29).